The first-order chi connectivity index (χ1) is 6.67. The smallest absolute Gasteiger partial charge is 0.149 e. The lowest BCUT2D eigenvalue weighted by molar-refractivity contribution is 0.192. The number of anilines is 1. The highest BCUT2D eigenvalue weighted by atomic mass is 19.1. The fourth-order valence-corrected chi connectivity index (χ4v) is 1.23. The molecule has 2 N–H and O–H groups in total. The summed E-state index contributed by atoms with van der Waals surface area (Å²) in [6.07, 6.45) is 1.99. The molecule has 1 rings (SSSR count). The normalized spacial score (nSPS) is 10.6. The molecular formula is C11H16FNO. The van der Waals surface area contributed by atoms with Crippen LogP contribution >= 0.6 is 0 Å². The van der Waals surface area contributed by atoms with Crippen molar-refractivity contribution < 1.29 is 9.13 Å². The monoisotopic (exact) mass is 197 g/mol. The van der Waals surface area contributed by atoms with Crippen molar-refractivity contribution in [3.63, 3.8) is 0 Å². The van der Waals surface area contributed by atoms with Crippen LogP contribution in [0, 0.1) is 5.82 Å². The first-order valence-electron chi connectivity index (χ1n) is 4.89. The molecule has 0 amide bonds. The van der Waals surface area contributed by atoms with Crippen molar-refractivity contribution in [3.8, 4) is 5.75 Å². The van der Waals surface area contributed by atoms with E-state index in [9.17, 15) is 4.39 Å². The van der Waals surface area contributed by atoms with Crippen LogP contribution in [0.15, 0.2) is 18.2 Å². The second kappa shape index (κ2) is 4.84. The maximum Gasteiger partial charge on any atom is 0.149 e. The number of benzene rings is 1. The lowest BCUT2D eigenvalue weighted by atomic mass is 10.2. The molecule has 0 unspecified atom stereocenters. The van der Waals surface area contributed by atoms with Gasteiger partial charge in [0.1, 0.15) is 11.6 Å². The fraction of sp³-hybridized carbons (Fsp3) is 0.455. The number of halogens is 1. The van der Waals surface area contributed by atoms with Gasteiger partial charge in [-0.1, -0.05) is 13.8 Å². The predicted molar refractivity (Wildman–Crippen MR) is 55.8 cm³/mol. The Morgan fingerprint density at radius 3 is 2.50 bits per heavy atom. The first kappa shape index (κ1) is 10.8. The molecule has 0 saturated carbocycles. The summed E-state index contributed by atoms with van der Waals surface area (Å²) in [7, 11) is 0. The Morgan fingerprint density at radius 2 is 2.00 bits per heavy atom. The van der Waals surface area contributed by atoms with Crippen molar-refractivity contribution in [3.05, 3.63) is 24.0 Å². The molecule has 0 bridgehead atoms. The molecule has 0 radical (unpaired) electrons. The maximum atomic E-state index is 13.0. The third-order valence-corrected chi connectivity index (χ3v) is 2.19. The number of nitrogen functional groups attached to an aromatic ring is 1. The van der Waals surface area contributed by atoms with E-state index < -0.39 is 5.82 Å². The molecule has 0 saturated heterocycles. The number of hydrogen-bond acceptors (Lipinski definition) is 2. The van der Waals surface area contributed by atoms with Gasteiger partial charge in [0.15, 0.2) is 0 Å². The minimum atomic E-state index is -0.423. The molecule has 0 atom stereocenters. The van der Waals surface area contributed by atoms with Crippen LogP contribution in [-0.2, 0) is 0 Å². The van der Waals surface area contributed by atoms with Gasteiger partial charge in [0, 0.05) is 6.07 Å². The van der Waals surface area contributed by atoms with Gasteiger partial charge in [-0.25, -0.2) is 4.39 Å². The van der Waals surface area contributed by atoms with E-state index in [1.54, 1.807) is 6.07 Å². The molecule has 3 heteroatoms. The highest BCUT2D eigenvalue weighted by molar-refractivity contribution is 5.43. The third kappa shape index (κ3) is 2.62. The second-order valence-electron chi connectivity index (χ2n) is 3.24. The molecule has 0 aliphatic carbocycles. The summed E-state index contributed by atoms with van der Waals surface area (Å²) in [5.41, 5.74) is 5.51. The second-order valence-corrected chi connectivity index (χ2v) is 3.24. The van der Waals surface area contributed by atoms with Crippen LogP contribution in [0.5, 0.6) is 5.75 Å². The van der Waals surface area contributed by atoms with Crippen molar-refractivity contribution in [2.75, 3.05) is 5.73 Å². The maximum absolute atomic E-state index is 13.0. The van der Waals surface area contributed by atoms with E-state index in [-0.39, 0.29) is 11.8 Å². The summed E-state index contributed by atoms with van der Waals surface area (Å²) in [6.45, 7) is 4.09. The van der Waals surface area contributed by atoms with Crippen LogP contribution in [-0.4, -0.2) is 6.10 Å². The Labute approximate surface area is 83.9 Å². The van der Waals surface area contributed by atoms with Crippen LogP contribution < -0.4 is 10.5 Å². The molecule has 0 aromatic heterocycles. The lowest BCUT2D eigenvalue weighted by Crippen LogP contribution is -2.13. The topological polar surface area (TPSA) is 35.2 Å². The summed E-state index contributed by atoms with van der Waals surface area (Å²) in [4.78, 5) is 0. The third-order valence-electron chi connectivity index (χ3n) is 2.19. The molecular weight excluding hydrogens is 181 g/mol. The first-order valence-corrected chi connectivity index (χ1v) is 4.89. The summed E-state index contributed by atoms with van der Waals surface area (Å²) in [5, 5.41) is 0. The van der Waals surface area contributed by atoms with Gasteiger partial charge < -0.3 is 10.5 Å². The molecule has 2 nitrogen and oxygen atoms in total. The number of hydrogen-bond donors (Lipinski definition) is 1. The van der Waals surface area contributed by atoms with Crippen molar-refractivity contribution in [1.82, 2.24) is 0 Å². The quantitative estimate of drug-likeness (QED) is 0.753. The van der Waals surface area contributed by atoms with Crippen LogP contribution in [0.4, 0.5) is 10.1 Å². The SMILES string of the molecule is CCC(CC)Oc1ccc(N)c(F)c1. The van der Waals surface area contributed by atoms with Crippen LogP contribution in [0.3, 0.4) is 0 Å². The van der Waals surface area contributed by atoms with Gasteiger partial charge in [-0.3, -0.25) is 0 Å². The summed E-state index contributed by atoms with van der Waals surface area (Å²) < 4.78 is 18.6. The molecule has 1 aromatic carbocycles. The van der Waals surface area contributed by atoms with Crippen LogP contribution in [0.1, 0.15) is 26.7 Å². The van der Waals surface area contributed by atoms with E-state index in [4.69, 9.17) is 10.5 Å². The van der Waals surface area contributed by atoms with Gasteiger partial charge >= 0.3 is 0 Å². The van der Waals surface area contributed by atoms with E-state index in [0.717, 1.165) is 12.8 Å². The van der Waals surface area contributed by atoms with Crippen LogP contribution in [0.2, 0.25) is 0 Å². The van der Waals surface area contributed by atoms with E-state index >= 15 is 0 Å². The van der Waals surface area contributed by atoms with Gasteiger partial charge in [0.25, 0.3) is 0 Å². The zero-order valence-corrected chi connectivity index (χ0v) is 8.59. The van der Waals surface area contributed by atoms with Crippen molar-refractivity contribution in [1.29, 1.82) is 0 Å². The average Bonchev–Trinajstić information content (AvgIpc) is 2.19. The minimum absolute atomic E-state index is 0.151. The average molecular weight is 197 g/mol. The van der Waals surface area contributed by atoms with E-state index in [2.05, 4.69) is 0 Å². The summed E-state index contributed by atoms with van der Waals surface area (Å²) >= 11 is 0. The largest absolute Gasteiger partial charge is 0.490 e. The minimum Gasteiger partial charge on any atom is -0.490 e. The predicted octanol–water partition coefficient (Wildman–Crippen LogP) is 2.98. The van der Waals surface area contributed by atoms with Crippen molar-refractivity contribution in [2.45, 2.75) is 32.8 Å². The van der Waals surface area contributed by atoms with Gasteiger partial charge in [0.2, 0.25) is 0 Å². The van der Waals surface area contributed by atoms with E-state index in [1.807, 2.05) is 13.8 Å². The number of ether oxygens (including phenoxy) is 1. The Morgan fingerprint density at radius 1 is 1.36 bits per heavy atom. The summed E-state index contributed by atoms with van der Waals surface area (Å²) in [5.74, 6) is 0.124. The zero-order chi connectivity index (χ0) is 10.6. The van der Waals surface area contributed by atoms with Crippen LogP contribution in [0.25, 0.3) is 0 Å². The molecule has 1 aromatic rings. The molecule has 0 fully saturated rings. The number of nitrogens with two attached hydrogens (primary N) is 1. The van der Waals surface area contributed by atoms with E-state index in [0.29, 0.717) is 5.75 Å². The molecule has 14 heavy (non-hydrogen) atoms. The lowest BCUT2D eigenvalue weighted by Gasteiger charge is -2.15. The van der Waals surface area contributed by atoms with Gasteiger partial charge in [0.05, 0.1) is 11.8 Å². The van der Waals surface area contributed by atoms with Crippen molar-refractivity contribution in [2.24, 2.45) is 0 Å². The van der Waals surface area contributed by atoms with E-state index in [1.165, 1.54) is 12.1 Å². The zero-order valence-electron chi connectivity index (χ0n) is 8.59. The number of rotatable bonds is 4. The molecule has 78 valence electrons. The molecule has 0 aliphatic rings. The highest BCUT2D eigenvalue weighted by Crippen LogP contribution is 2.20. The fourth-order valence-electron chi connectivity index (χ4n) is 1.23. The van der Waals surface area contributed by atoms with Gasteiger partial charge in [-0.15, -0.1) is 0 Å². The molecule has 0 heterocycles. The van der Waals surface area contributed by atoms with Gasteiger partial charge in [-0.2, -0.15) is 0 Å². The Kier molecular flexibility index (Phi) is 3.74. The Balaban J connectivity index is 2.72. The van der Waals surface area contributed by atoms with Crippen molar-refractivity contribution >= 4 is 5.69 Å². The Bertz CT molecular complexity index is 297. The molecule has 0 aliphatic heterocycles. The summed E-state index contributed by atoms with van der Waals surface area (Å²) in [6, 6.07) is 4.54. The highest BCUT2D eigenvalue weighted by Gasteiger charge is 2.06. The molecule has 0 spiro atoms. The van der Waals surface area contributed by atoms with Gasteiger partial charge in [-0.05, 0) is 25.0 Å². The standard InChI is InChI=1S/C11H16FNO/c1-3-8(4-2)14-9-5-6-11(13)10(12)7-9/h5-8H,3-4,13H2,1-2H3. The Hall–Kier alpha value is -1.25.